The highest BCUT2D eigenvalue weighted by molar-refractivity contribution is 7.99. The lowest BCUT2D eigenvalue weighted by Gasteiger charge is -2.16. The maximum absolute atomic E-state index is 10.3. The maximum Gasteiger partial charge on any atom is 0.167 e. The van der Waals surface area contributed by atoms with Gasteiger partial charge in [0, 0.05) is 18.1 Å². The molecule has 4 atom stereocenters. The molecule has 0 radical (unpaired) electrons. The Morgan fingerprint density at radius 2 is 2.09 bits per heavy atom. The van der Waals surface area contributed by atoms with Crippen molar-refractivity contribution < 1.29 is 14.9 Å². The molecule has 0 spiro atoms. The summed E-state index contributed by atoms with van der Waals surface area (Å²) >= 11 is 1.57. The fraction of sp³-hybridized carbons (Fsp3) is 0.583. The van der Waals surface area contributed by atoms with E-state index in [1.165, 1.54) is 12.7 Å². The van der Waals surface area contributed by atoms with Gasteiger partial charge in [0.2, 0.25) is 0 Å². The van der Waals surface area contributed by atoms with Crippen LogP contribution in [0.2, 0.25) is 0 Å². The van der Waals surface area contributed by atoms with Crippen molar-refractivity contribution >= 4 is 28.7 Å². The van der Waals surface area contributed by atoms with Gasteiger partial charge in [-0.2, -0.15) is 11.8 Å². The van der Waals surface area contributed by atoms with Crippen molar-refractivity contribution in [1.29, 1.82) is 0 Å². The van der Waals surface area contributed by atoms with Gasteiger partial charge in [0.25, 0.3) is 0 Å². The normalized spacial score (nSPS) is 28.5. The first kappa shape index (κ1) is 15.4. The molecule has 9 nitrogen and oxygen atoms in total. The first-order valence-electron chi connectivity index (χ1n) is 6.86. The molecule has 6 N–H and O–H groups in total. The van der Waals surface area contributed by atoms with Crippen molar-refractivity contribution in [3.63, 3.8) is 0 Å². The first-order chi connectivity index (χ1) is 10.6. The summed E-state index contributed by atoms with van der Waals surface area (Å²) in [4.78, 5) is 12.1. The number of hydrogen-bond acceptors (Lipinski definition) is 9. The van der Waals surface area contributed by atoms with E-state index in [9.17, 15) is 10.2 Å². The van der Waals surface area contributed by atoms with Crippen molar-refractivity contribution in [1.82, 2.24) is 19.5 Å². The number of aliphatic hydroxyl groups excluding tert-OH is 2. The fourth-order valence-corrected chi connectivity index (χ4v) is 3.28. The molecular formula is C12H18N6O3S. The number of anilines is 1. The molecule has 0 bridgehead atoms. The predicted molar refractivity (Wildman–Crippen MR) is 82.0 cm³/mol. The van der Waals surface area contributed by atoms with Gasteiger partial charge in [-0.05, 0) is 0 Å². The van der Waals surface area contributed by atoms with Gasteiger partial charge in [0.05, 0.1) is 12.4 Å². The zero-order chi connectivity index (χ0) is 15.7. The lowest BCUT2D eigenvalue weighted by Crippen LogP contribution is -2.32. The Balaban J connectivity index is 1.83. The molecule has 1 fully saturated rings. The smallest absolute Gasteiger partial charge is 0.167 e. The minimum absolute atomic E-state index is 0.256. The second kappa shape index (κ2) is 6.34. The van der Waals surface area contributed by atoms with Crippen LogP contribution in [0.5, 0.6) is 0 Å². The van der Waals surface area contributed by atoms with Crippen LogP contribution in [-0.2, 0) is 4.74 Å². The number of nitrogens with zero attached hydrogens (tertiary/aromatic N) is 4. The average molecular weight is 326 g/mol. The molecule has 0 amide bonds. The highest BCUT2D eigenvalue weighted by Gasteiger charge is 2.44. The van der Waals surface area contributed by atoms with Gasteiger partial charge in [-0.1, -0.05) is 0 Å². The van der Waals surface area contributed by atoms with Crippen LogP contribution in [0.3, 0.4) is 0 Å². The molecule has 2 aromatic heterocycles. The van der Waals surface area contributed by atoms with E-state index < -0.39 is 24.5 Å². The number of aromatic nitrogens is 4. The van der Waals surface area contributed by atoms with Gasteiger partial charge in [0.15, 0.2) is 17.7 Å². The molecule has 3 rings (SSSR count). The first-order valence-corrected chi connectivity index (χ1v) is 8.01. The monoisotopic (exact) mass is 326 g/mol. The highest BCUT2D eigenvalue weighted by Crippen LogP contribution is 2.33. The van der Waals surface area contributed by atoms with E-state index >= 15 is 0 Å². The summed E-state index contributed by atoms with van der Waals surface area (Å²) in [6.45, 7) is 0.557. The Morgan fingerprint density at radius 3 is 2.86 bits per heavy atom. The molecule has 2 aromatic rings. The molecule has 10 heteroatoms. The number of thioether (sulfide) groups is 1. The number of nitrogens with two attached hydrogens (primary N) is 2. The lowest BCUT2D eigenvalue weighted by atomic mass is 10.1. The molecule has 120 valence electrons. The number of ether oxygens (including phenoxy) is 1. The number of imidazole rings is 1. The van der Waals surface area contributed by atoms with Crippen LogP contribution in [0.1, 0.15) is 6.23 Å². The van der Waals surface area contributed by atoms with Crippen molar-refractivity contribution in [2.24, 2.45) is 5.73 Å². The SMILES string of the molecule is NCCSCC1OC(n2cnc3c(N)ncnc32)C(O)C1O. The Morgan fingerprint density at radius 1 is 1.27 bits per heavy atom. The summed E-state index contributed by atoms with van der Waals surface area (Å²) in [6.07, 6.45) is -0.497. The third-order valence-electron chi connectivity index (χ3n) is 3.54. The van der Waals surface area contributed by atoms with Crippen molar-refractivity contribution in [2.75, 3.05) is 23.8 Å². The maximum atomic E-state index is 10.3. The van der Waals surface area contributed by atoms with E-state index in [1.54, 1.807) is 16.3 Å². The predicted octanol–water partition coefficient (Wildman–Crippen LogP) is -1.28. The zero-order valence-corrected chi connectivity index (χ0v) is 12.6. The molecule has 1 saturated heterocycles. The van der Waals surface area contributed by atoms with Crippen LogP contribution in [-0.4, -0.2) is 66.1 Å². The second-order valence-corrected chi connectivity index (χ2v) is 6.14. The zero-order valence-electron chi connectivity index (χ0n) is 11.7. The fourth-order valence-electron chi connectivity index (χ4n) is 2.44. The summed E-state index contributed by atoms with van der Waals surface area (Å²) in [5.41, 5.74) is 12.1. The average Bonchev–Trinajstić information content (AvgIpc) is 3.05. The van der Waals surface area contributed by atoms with E-state index in [-0.39, 0.29) is 5.82 Å². The van der Waals surface area contributed by atoms with Crippen LogP contribution in [0.15, 0.2) is 12.7 Å². The van der Waals surface area contributed by atoms with Gasteiger partial charge in [0.1, 0.15) is 24.1 Å². The number of rotatable bonds is 5. The number of nitrogen functional groups attached to an aromatic ring is 1. The largest absolute Gasteiger partial charge is 0.387 e. The van der Waals surface area contributed by atoms with Crippen LogP contribution in [0.4, 0.5) is 5.82 Å². The van der Waals surface area contributed by atoms with Crippen LogP contribution < -0.4 is 11.5 Å². The summed E-state index contributed by atoms with van der Waals surface area (Å²) in [5, 5.41) is 20.4. The van der Waals surface area contributed by atoms with Gasteiger partial charge in [-0.15, -0.1) is 0 Å². The van der Waals surface area contributed by atoms with E-state index in [0.717, 1.165) is 5.75 Å². The van der Waals surface area contributed by atoms with E-state index in [0.29, 0.717) is 23.5 Å². The number of fused-ring (bicyclic) bond motifs is 1. The minimum atomic E-state index is -1.07. The summed E-state index contributed by atoms with van der Waals surface area (Å²) in [5.74, 6) is 1.58. The Kier molecular flexibility index (Phi) is 4.45. The molecular weight excluding hydrogens is 308 g/mol. The Hall–Kier alpha value is -1.46. The Bertz CT molecular complexity index is 653. The lowest BCUT2D eigenvalue weighted by molar-refractivity contribution is -0.0289. The summed E-state index contributed by atoms with van der Waals surface area (Å²) < 4.78 is 7.35. The Labute approximate surface area is 130 Å². The van der Waals surface area contributed by atoms with Crippen LogP contribution in [0, 0.1) is 0 Å². The van der Waals surface area contributed by atoms with E-state index in [2.05, 4.69) is 15.0 Å². The minimum Gasteiger partial charge on any atom is -0.387 e. The molecule has 0 aromatic carbocycles. The molecule has 0 saturated carbocycles. The number of hydrogen-bond donors (Lipinski definition) is 4. The second-order valence-electron chi connectivity index (χ2n) is 4.99. The third kappa shape index (κ3) is 2.63. The molecule has 1 aliphatic heterocycles. The molecule has 22 heavy (non-hydrogen) atoms. The highest BCUT2D eigenvalue weighted by atomic mass is 32.2. The van der Waals surface area contributed by atoms with E-state index in [4.69, 9.17) is 16.2 Å². The summed E-state index contributed by atoms with van der Waals surface area (Å²) in [6, 6.07) is 0. The molecule has 1 aliphatic rings. The topological polar surface area (TPSA) is 145 Å². The quantitative estimate of drug-likeness (QED) is 0.493. The van der Waals surface area contributed by atoms with Gasteiger partial charge >= 0.3 is 0 Å². The molecule has 4 unspecified atom stereocenters. The van der Waals surface area contributed by atoms with E-state index in [1.807, 2.05) is 0 Å². The van der Waals surface area contributed by atoms with Gasteiger partial charge in [-0.3, -0.25) is 4.57 Å². The van der Waals surface area contributed by atoms with Crippen molar-refractivity contribution in [2.45, 2.75) is 24.5 Å². The van der Waals surface area contributed by atoms with Crippen molar-refractivity contribution in [3.8, 4) is 0 Å². The van der Waals surface area contributed by atoms with Gasteiger partial charge < -0.3 is 26.4 Å². The van der Waals surface area contributed by atoms with Crippen LogP contribution >= 0.6 is 11.8 Å². The van der Waals surface area contributed by atoms with Crippen LogP contribution in [0.25, 0.3) is 11.2 Å². The summed E-state index contributed by atoms with van der Waals surface area (Å²) in [7, 11) is 0. The molecule has 3 heterocycles. The van der Waals surface area contributed by atoms with Crippen molar-refractivity contribution in [3.05, 3.63) is 12.7 Å². The number of aliphatic hydroxyl groups is 2. The standard InChI is InChI=1S/C12H18N6O3S/c13-1-2-22-3-6-8(19)9(20)12(21-6)18-5-17-7-10(14)15-4-16-11(7)18/h4-6,8-9,12,19-20H,1-3,13H2,(H2,14,15,16). The third-order valence-corrected chi connectivity index (χ3v) is 4.63. The molecule has 0 aliphatic carbocycles. The van der Waals surface area contributed by atoms with Gasteiger partial charge in [-0.25, -0.2) is 15.0 Å².